The molecule has 1 atom stereocenters. The van der Waals surface area contributed by atoms with Crippen LogP contribution in [0.25, 0.3) is 0 Å². The lowest BCUT2D eigenvalue weighted by atomic mass is 10.1. The number of carboxylic acids is 1. The normalized spacial score (nSPS) is 24.5. The molecular weight excluding hydrogens is 230 g/mol. The molecule has 0 bridgehead atoms. The monoisotopic (exact) mass is 249 g/mol. The Morgan fingerprint density at radius 3 is 2.69 bits per heavy atom. The molecule has 6 heteroatoms. The number of hydrogen-bond acceptors (Lipinski definition) is 4. The molecule has 16 heavy (non-hydrogen) atoms. The van der Waals surface area contributed by atoms with E-state index in [2.05, 4.69) is 0 Å². The zero-order chi connectivity index (χ0) is 12.2. The van der Waals surface area contributed by atoms with Crippen molar-refractivity contribution in [2.24, 2.45) is 0 Å². The van der Waals surface area contributed by atoms with E-state index in [0.717, 1.165) is 12.8 Å². The van der Waals surface area contributed by atoms with Crippen LogP contribution in [0.15, 0.2) is 0 Å². The van der Waals surface area contributed by atoms with Gasteiger partial charge in [0.15, 0.2) is 9.84 Å². The standard InChI is InChI=1S/C10H19NO4S/c1-2-5-11(7-10(12)13)9-4-3-6-16(14,15)8-9/h9H,2-8H2,1H3,(H,12,13). The summed E-state index contributed by atoms with van der Waals surface area (Å²) in [5.41, 5.74) is 0. The lowest BCUT2D eigenvalue weighted by Crippen LogP contribution is -2.46. The van der Waals surface area contributed by atoms with Crippen LogP contribution in [0.5, 0.6) is 0 Å². The van der Waals surface area contributed by atoms with Crippen LogP contribution in [-0.4, -0.2) is 55.0 Å². The first kappa shape index (κ1) is 13.4. The second-order valence-electron chi connectivity index (χ2n) is 4.27. The maximum Gasteiger partial charge on any atom is 0.317 e. The number of rotatable bonds is 5. The van der Waals surface area contributed by atoms with Crippen LogP contribution in [0.4, 0.5) is 0 Å². The zero-order valence-electron chi connectivity index (χ0n) is 9.55. The van der Waals surface area contributed by atoms with Gasteiger partial charge >= 0.3 is 5.97 Å². The summed E-state index contributed by atoms with van der Waals surface area (Å²) in [5.74, 6) is -0.534. The third kappa shape index (κ3) is 4.09. The van der Waals surface area contributed by atoms with E-state index in [0.29, 0.717) is 13.0 Å². The molecule has 0 aromatic rings. The van der Waals surface area contributed by atoms with Gasteiger partial charge in [0, 0.05) is 6.04 Å². The molecule has 1 N–H and O–H groups in total. The summed E-state index contributed by atoms with van der Waals surface area (Å²) in [5, 5.41) is 8.78. The smallest absolute Gasteiger partial charge is 0.317 e. The van der Waals surface area contributed by atoms with E-state index in [1.165, 1.54) is 0 Å². The molecule has 0 amide bonds. The molecule has 1 rings (SSSR count). The first-order valence-electron chi connectivity index (χ1n) is 5.61. The van der Waals surface area contributed by atoms with Crippen molar-refractivity contribution in [2.45, 2.75) is 32.2 Å². The Balaban J connectivity index is 2.66. The summed E-state index contributed by atoms with van der Waals surface area (Å²) in [6.07, 6.45) is 2.27. The molecule has 1 unspecified atom stereocenters. The molecule has 1 heterocycles. The highest BCUT2D eigenvalue weighted by Gasteiger charge is 2.29. The van der Waals surface area contributed by atoms with E-state index in [1.807, 2.05) is 6.92 Å². The van der Waals surface area contributed by atoms with Gasteiger partial charge in [0.05, 0.1) is 18.1 Å². The summed E-state index contributed by atoms with van der Waals surface area (Å²) in [6, 6.07) is -0.116. The van der Waals surface area contributed by atoms with Gasteiger partial charge in [-0.25, -0.2) is 8.42 Å². The van der Waals surface area contributed by atoms with Gasteiger partial charge < -0.3 is 5.11 Å². The summed E-state index contributed by atoms with van der Waals surface area (Å²) in [4.78, 5) is 12.5. The van der Waals surface area contributed by atoms with Gasteiger partial charge in [0.25, 0.3) is 0 Å². The van der Waals surface area contributed by atoms with Crippen molar-refractivity contribution in [3.8, 4) is 0 Å². The van der Waals surface area contributed by atoms with E-state index in [9.17, 15) is 13.2 Å². The van der Waals surface area contributed by atoms with Crippen LogP contribution in [-0.2, 0) is 14.6 Å². The van der Waals surface area contributed by atoms with Crippen LogP contribution in [0.1, 0.15) is 26.2 Å². The lowest BCUT2D eigenvalue weighted by Gasteiger charge is -2.32. The molecule has 0 aliphatic carbocycles. The Bertz CT molecular complexity index is 339. The fraction of sp³-hybridized carbons (Fsp3) is 0.900. The van der Waals surface area contributed by atoms with E-state index in [-0.39, 0.29) is 24.1 Å². The quantitative estimate of drug-likeness (QED) is 0.761. The van der Waals surface area contributed by atoms with Gasteiger partial charge in [-0.05, 0) is 25.8 Å². The van der Waals surface area contributed by atoms with Crippen LogP contribution < -0.4 is 0 Å². The molecule has 1 saturated heterocycles. The van der Waals surface area contributed by atoms with Crippen LogP contribution >= 0.6 is 0 Å². The lowest BCUT2D eigenvalue weighted by molar-refractivity contribution is -0.138. The third-order valence-electron chi connectivity index (χ3n) is 2.80. The fourth-order valence-electron chi connectivity index (χ4n) is 2.14. The molecule has 0 aromatic carbocycles. The maximum absolute atomic E-state index is 11.5. The number of hydrogen-bond donors (Lipinski definition) is 1. The van der Waals surface area contributed by atoms with Gasteiger partial charge in [-0.3, -0.25) is 9.69 Å². The predicted octanol–water partition coefficient (Wildman–Crippen LogP) is 0.360. The summed E-state index contributed by atoms with van der Waals surface area (Å²) in [7, 11) is -2.97. The highest BCUT2D eigenvalue weighted by molar-refractivity contribution is 7.91. The van der Waals surface area contributed by atoms with E-state index in [1.54, 1.807) is 4.90 Å². The molecular formula is C10H19NO4S. The molecule has 1 aliphatic rings. The first-order chi connectivity index (χ1) is 7.44. The Kier molecular flexibility index (Phi) is 4.73. The van der Waals surface area contributed by atoms with Crippen molar-refractivity contribution < 1.29 is 18.3 Å². The summed E-state index contributed by atoms with van der Waals surface area (Å²) < 4.78 is 23.0. The van der Waals surface area contributed by atoms with Crippen molar-refractivity contribution in [3.05, 3.63) is 0 Å². The van der Waals surface area contributed by atoms with Crippen molar-refractivity contribution in [1.82, 2.24) is 4.90 Å². The molecule has 5 nitrogen and oxygen atoms in total. The van der Waals surface area contributed by atoms with Crippen LogP contribution in [0.2, 0.25) is 0 Å². The average Bonchev–Trinajstić information content (AvgIpc) is 2.15. The van der Waals surface area contributed by atoms with Gasteiger partial charge in [-0.15, -0.1) is 0 Å². The fourth-order valence-corrected chi connectivity index (χ4v) is 3.88. The average molecular weight is 249 g/mol. The zero-order valence-corrected chi connectivity index (χ0v) is 10.4. The van der Waals surface area contributed by atoms with Gasteiger partial charge in [0.1, 0.15) is 0 Å². The number of carbonyl (C=O) groups is 1. The van der Waals surface area contributed by atoms with Crippen molar-refractivity contribution in [2.75, 3.05) is 24.6 Å². The highest BCUT2D eigenvalue weighted by Crippen LogP contribution is 2.17. The minimum absolute atomic E-state index is 0.0615. The topological polar surface area (TPSA) is 74.7 Å². The second-order valence-corrected chi connectivity index (χ2v) is 6.50. The van der Waals surface area contributed by atoms with Crippen molar-refractivity contribution >= 4 is 15.8 Å². The summed E-state index contributed by atoms with van der Waals surface area (Å²) in [6.45, 7) is 2.55. The van der Waals surface area contributed by atoms with E-state index < -0.39 is 15.8 Å². The van der Waals surface area contributed by atoms with Gasteiger partial charge in [-0.2, -0.15) is 0 Å². The predicted molar refractivity (Wildman–Crippen MR) is 61.2 cm³/mol. The Hall–Kier alpha value is -0.620. The SMILES string of the molecule is CCCN(CC(=O)O)C1CCCS(=O)(=O)C1. The maximum atomic E-state index is 11.5. The largest absolute Gasteiger partial charge is 0.480 e. The first-order valence-corrected chi connectivity index (χ1v) is 7.43. The Morgan fingerprint density at radius 1 is 1.50 bits per heavy atom. The van der Waals surface area contributed by atoms with Crippen molar-refractivity contribution in [1.29, 1.82) is 0 Å². The number of aliphatic carboxylic acids is 1. The molecule has 94 valence electrons. The molecule has 0 spiro atoms. The summed E-state index contributed by atoms with van der Waals surface area (Å²) >= 11 is 0. The van der Waals surface area contributed by atoms with Crippen LogP contribution in [0.3, 0.4) is 0 Å². The minimum atomic E-state index is -2.97. The van der Waals surface area contributed by atoms with Gasteiger partial charge in [0.2, 0.25) is 0 Å². The minimum Gasteiger partial charge on any atom is -0.480 e. The Labute approximate surface area is 96.4 Å². The number of sulfone groups is 1. The van der Waals surface area contributed by atoms with E-state index in [4.69, 9.17) is 5.11 Å². The molecule has 1 fully saturated rings. The van der Waals surface area contributed by atoms with Crippen molar-refractivity contribution in [3.63, 3.8) is 0 Å². The second kappa shape index (κ2) is 5.63. The number of carboxylic acid groups (broad SMARTS) is 1. The Morgan fingerprint density at radius 2 is 2.19 bits per heavy atom. The van der Waals surface area contributed by atoms with E-state index >= 15 is 0 Å². The molecule has 1 aliphatic heterocycles. The molecule has 0 radical (unpaired) electrons. The molecule has 0 aromatic heterocycles. The van der Waals surface area contributed by atoms with Gasteiger partial charge in [-0.1, -0.05) is 6.92 Å². The third-order valence-corrected chi connectivity index (χ3v) is 4.61. The number of nitrogens with zero attached hydrogens (tertiary/aromatic N) is 1. The molecule has 0 saturated carbocycles. The highest BCUT2D eigenvalue weighted by atomic mass is 32.2. The van der Waals surface area contributed by atoms with Crippen LogP contribution in [0, 0.1) is 0 Å².